The summed E-state index contributed by atoms with van der Waals surface area (Å²) in [4.78, 5) is 12.6. The highest BCUT2D eigenvalue weighted by Gasteiger charge is 2.09. The highest BCUT2D eigenvalue weighted by Crippen LogP contribution is 2.17. The van der Waals surface area contributed by atoms with Gasteiger partial charge in [-0.1, -0.05) is 30.3 Å². The van der Waals surface area contributed by atoms with Crippen LogP contribution in [-0.4, -0.2) is 32.4 Å². The van der Waals surface area contributed by atoms with Crippen LogP contribution < -0.4 is 16.5 Å². The van der Waals surface area contributed by atoms with Gasteiger partial charge >= 0.3 is 0 Å². The molecule has 120 valence electrons. The molecule has 3 heterocycles. The van der Waals surface area contributed by atoms with E-state index >= 15 is 0 Å². The molecular weight excluding hydrogens is 313 g/mol. The van der Waals surface area contributed by atoms with Crippen LogP contribution in [0.2, 0.25) is 0 Å². The van der Waals surface area contributed by atoms with Gasteiger partial charge in [-0.3, -0.25) is 4.98 Å². The van der Waals surface area contributed by atoms with Crippen LogP contribution in [0.15, 0.2) is 54.9 Å². The summed E-state index contributed by atoms with van der Waals surface area (Å²) in [5.41, 5.74) is 9.78. The second kappa shape index (κ2) is 6.24. The van der Waals surface area contributed by atoms with Crippen molar-refractivity contribution in [2.45, 2.75) is 6.54 Å². The van der Waals surface area contributed by atoms with Crippen LogP contribution in [0.4, 0.5) is 11.9 Å². The van der Waals surface area contributed by atoms with E-state index < -0.39 is 0 Å². The first-order chi connectivity index (χ1) is 12.2. The van der Waals surface area contributed by atoms with Gasteiger partial charge in [-0.05, 0) is 23.2 Å². The summed E-state index contributed by atoms with van der Waals surface area (Å²) in [5, 5.41) is 7.38. The second-order valence-electron chi connectivity index (χ2n) is 5.51. The molecule has 0 saturated carbocycles. The molecule has 3 aromatic heterocycles. The monoisotopic (exact) mass is 327 g/mol. The summed E-state index contributed by atoms with van der Waals surface area (Å²) in [5.74, 6) is 0.640. The first kappa shape index (κ1) is 15.1. The normalized spacial score (nSPS) is 10.9. The SMILES string of the molecule is [B]c1cnn2c(NCc3ccc(-c4ccccn4)cc3)nc(N)nc12. The molecule has 4 aromatic rings. The van der Waals surface area contributed by atoms with Crippen LogP contribution in [0.25, 0.3) is 16.9 Å². The fourth-order valence-electron chi connectivity index (χ4n) is 2.53. The molecule has 0 fully saturated rings. The fraction of sp³-hybridized carbons (Fsp3) is 0.0588. The zero-order chi connectivity index (χ0) is 17.2. The Bertz CT molecular complexity index is 1010. The molecule has 7 nitrogen and oxygen atoms in total. The van der Waals surface area contributed by atoms with Gasteiger partial charge in [0.15, 0.2) is 5.65 Å². The number of benzene rings is 1. The van der Waals surface area contributed by atoms with E-state index in [1.54, 1.807) is 6.20 Å². The third-order valence-electron chi connectivity index (χ3n) is 3.78. The van der Waals surface area contributed by atoms with E-state index in [0.717, 1.165) is 16.8 Å². The lowest BCUT2D eigenvalue weighted by Gasteiger charge is -2.09. The first-order valence-electron chi connectivity index (χ1n) is 7.71. The van der Waals surface area contributed by atoms with E-state index in [9.17, 15) is 0 Å². The Labute approximate surface area is 145 Å². The second-order valence-corrected chi connectivity index (χ2v) is 5.51. The van der Waals surface area contributed by atoms with Gasteiger partial charge in [0.25, 0.3) is 0 Å². The number of nitrogens with one attached hydrogen (secondary N) is 1. The number of hydrogen-bond acceptors (Lipinski definition) is 6. The third-order valence-corrected chi connectivity index (χ3v) is 3.78. The number of fused-ring (bicyclic) bond motifs is 1. The van der Waals surface area contributed by atoms with Gasteiger partial charge < -0.3 is 11.1 Å². The van der Waals surface area contributed by atoms with Crippen molar-refractivity contribution in [3.63, 3.8) is 0 Å². The highest BCUT2D eigenvalue weighted by molar-refractivity contribution is 6.36. The Balaban J connectivity index is 1.54. The predicted octanol–water partition coefficient (Wildman–Crippen LogP) is 1.17. The predicted molar refractivity (Wildman–Crippen MR) is 97.6 cm³/mol. The van der Waals surface area contributed by atoms with E-state index in [1.807, 2.05) is 42.5 Å². The lowest BCUT2D eigenvalue weighted by Crippen LogP contribution is -2.12. The smallest absolute Gasteiger partial charge is 0.229 e. The Kier molecular flexibility index (Phi) is 3.77. The summed E-state index contributed by atoms with van der Waals surface area (Å²) in [6, 6.07) is 14.0. The molecule has 0 saturated heterocycles. The third kappa shape index (κ3) is 3.01. The molecule has 0 bridgehead atoms. The van der Waals surface area contributed by atoms with Crippen LogP contribution in [0.1, 0.15) is 5.56 Å². The van der Waals surface area contributed by atoms with Crippen molar-refractivity contribution in [3.05, 3.63) is 60.4 Å². The van der Waals surface area contributed by atoms with E-state index in [-0.39, 0.29) is 5.95 Å². The summed E-state index contributed by atoms with van der Waals surface area (Å²) in [6.45, 7) is 0.563. The minimum atomic E-state index is 0.146. The Hall–Kier alpha value is -3.42. The average molecular weight is 327 g/mol. The van der Waals surface area contributed by atoms with Crippen LogP contribution in [0, 0.1) is 0 Å². The van der Waals surface area contributed by atoms with Crippen LogP contribution in [0.3, 0.4) is 0 Å². The van der Waals surface area contributed by atoms with Crippen molar-refractivity contribution in [2.75, 3.05) is 11.1 Å². The van der Waals surface area contributed by atoms with Crippen molar-refractivity contribution in [2.24, 2.45) is 0 Å². The maximum atomic E-state index is 5.83. The number of aromatic nitrogens is 5. The lowest BCUT2D eigenvalue weighted by atomic mass is 10.0. The number of nitrogens with zero attached hydrogens (tertiary/aromatic N) is 5. The van der Waals surface area contributed by atoms with Crippen molar-refractivity contribution in [1.82, 2.24) is 24.6 Å². The highest BCUT2D eigenvalue weighted by atomic mass is 15.4. The number of hydrogen-bond donors (Lipinski definition) is 2. The molecule has 0 atom stereocenters. The van der Waals surface area contributed by atoms with Gasteiger partial charge in [0, 0.05) is 24.5 Å². The maximum Gasteiger partial charge on any atom is 0.229 e. The zero-order valence-electron chi connectivity index (χ0n) is 13.3. The molecule has 1 aromatic carbocycles. The lowest BCUT2D eigenvalue weighted by molar-refractivity contribution is 0.886. The van der Waals surface area contributed by atoms with Crippen molar-refractivity contribution >= 4 is 30.9 Å². The molecule has 0 amide bonds. The Morgan fingerprint density at radius 1 is 1.08 bits per heavy atom. The molecule has 0 spiro atoms. The molecule has 0 aliphatic carbocycles. The summed E-state index contributed by atoms with van der Waals surface area (Å²) in [6.07, 6.45) is 3.31. The number of nitrogens with two attached hydrogens (primary N) is 1. The Morgan fingerprint density at radius 2 is 1.92 bits per heavy atom. The van der Waals surface area contributed by atoms with Gasteiger partial charge in [-0.15, -0.1) is 0 Å². The minimum Gasteiger partial charge on any atom is -0.368 e. The van der Waals surface area contributed by atoms with Gasteiger partial charge in [0.1, 0.15) is 7.85 Å². The van der Waals surface area contributed by atoms with E-state index in [4.69, 9.17) is 13.6 Å². The van der Waals surface area contributed by atoms with Crippen molar-refractivity contribution < 1.29 is 0 Å². The summed E-state index contributed by atoms with van der Waals surface area (Å²) in [7, 11) is 5.83. The van der Waals surface area contributed by atoms with Crippen LogP contribution in [-0.2, 0) is 6.54 Å². The van der Waals surface area contributed by atoms with Crippen LogP contribution >= 0.6 is 0 Å². The van der Waals surface area contributed by atoms with E-state index in [1.165, 1.54) is 10.7 Å². The number of pyridine rings is 1. The topological polar surface area (TPSA) is 94.0 Å². The summed E-state index contributed by atoms with van der Waals surface area (Å²) >= 11 is 0. The summed E-state index contributed by atoms with van der Waals surface area (Å²) < 4.78 is 1.54. The molecule has 0 unspecified atom stereocenters. The van der Waals surface area contributed by atoms with Gasteiger partial charge in [-0.2, -0.15) is 19.6 Å². The van der Waals surface area contributed by atoms with Crippen molar-refractivity contribution in [1.29, 1.82) is 0 Å². The minimum absolute atomic E-state index is 0.146. The molecule has 3 N–H and O–H groups in total. The largest absolute Gasteiger partial charge is 0.368 e. The van der Waals surface area contributed by atoms with Crippen LogP contribution in [0.5, 0.6) is 0 Å². The molecule has 25 heavy (non-hydrogen) atoms. The Morgan fingerprint density at radius 3 is 2.68 bits per heavy atom. The standard InChI is InChI=1S/C17H14BN7/c18-13-10-22-25-15(13)23-16(19)24-17(25)21-9-11-4-6-12(7-5-11)14-3-1-2-8-20-14/h1-8,10H,9H2,(H3,19,21,23,24). The average Bonchev–Trinajstić information content (AvgIpc) is 3.02. The molecular formula is C17H14BN7. The quantitative estimate of drug-likeness (QED) is 0.547. The number of nitrogen functional groups attached to an aromatic ring is 1. The first-order valence-corrected chi connectivity index (χ1v) is 7.71. The molecule has 0 aliphatic rings. The molecule has 4 rings (SSSR count). The van der Waals surface area contributed by atoms with E-state index in [2.05, 4.69) is 25.4 Å². The fourth-order valence-corrected chi connectivity index (χ4v) is 2.53. The number of rotatable bonds is 4. The zero-order valence-corrected chi connectivity index (χ0v) is 13.3. The maximum absolute atomic E-state index is 5.83. The molecule has 8 heteroatoms. The number of anilines is 2. The van der Waals surface area contributed by atoms with E-state index in [0.29, 0.717) is 23.6 Å². The molecule has 2 radical (unpaired) electrons. The molecule has 0 aliphatic heterocycles. The van der Waals surface area contributed by atoms with Gasteiger partial charge in [0.05, 0.1) is 5.69 Å². The van der Waals surface area contributed by atoms with Gasteiger partial charge in [0.2, 0.25) is 11.9 Å². The van der Waals surface area contributed by atoms with Gasteiger partial charge in [-0.25, -0.2) is 0 Å². The van der Waals surface area contributed by atoms with Crippen molar-refractivity contribution in [3.8, 4) is 11.3 Å².